The summed E-state index contributed by atoms with van der Waals surface area (Å²) in [5.41, 5.74) is 9.45. The van der Waals surface area contributed by atoms with Gasteiger partial charge in [0.15, 0.2) is 0 Å². The first kappa shape index (κ1) is 13.3. The standard InChI is InChI=1S/C15H13Cl2N3/c1-2-20-14-6-4-10(17)8-13(14)19-15(20)11-7-9(16)3-5-12(11)18/h3-8H,2,18H2,1H3. The van der Waals surface area contributed by atoms with E-state index in [9.17, 15) is 0 Å². The number of rotatable bonds is 2. The first-order valence-corrected chi connectivity index (χ1v) is 7.07. The molecule has 3 nitrogen and oxygen atoms in total. The maximum Gasteiger partial charge on any atom is 0.143 e. The molecule has 0 aliphatic carbocycles. The Morgan fingerprint density at radius 1 is 1.10 bits per heavy atom. The van der Waals surface area contributed by atoms with E-state index in [0.717, 1.165) is 29.0 Å². The molecule has 0 radical (unpaired) electrons. The van der Waals surface area contributed by atoms with Crippen LogP contribution in [0.25, 0.3) is 22.4 Å². The van der Waals surface area contributed by atoms with Gasteiger partial charge in [-0.05, 0) is 43.3 Å². The largest absolute Gasteiger partial charge is 0.398 e. The molecule has 0 bridgehead atoms. The molecule has 102 valence electrons. The number of anilines is 1. The van der Waals surface area contributed by atoms with E-state index in [2.05, 4.69) is 16.5 Å². The number of aromatic nitrogens is 2. The maximum atomic E-state index is 6.07. The van der Waals surface area contributed by atoms with Crippen molar-refractivity contribution in [3.8, 4) is 11.4 Å². The van der Waals surface area contributed by atoms with E-state index in [1.807, 2.05) is 24.3 Å². The van der Waals surface area contributed by atoms with Crippen molar-refractivity contribution in [2.24, 2.45) is 0 Å². The molecule has 2 N–H and O–H groups in total. The number of nitrogens with zero attached hydrogens (tertiary/aromatic N) is 2. The fraction of sp³-hybridized carbons (Fsp3) is 0.133. The van der Waals surface area contributed by atoms with Gasteiger partial charge in [-0.3, -0.25) is 0 Å². The van der Waals surface area contributed by atoms with Gasteiger partial charge in [-0.1, -0.05) is 23.2 Å². The van der Waals surface area contributed by atoms with E-state index in [0.29, 0.717) is 15.7 Å². The number of fused-ring (bicyclic) bond motifs is 1. The molecule has 0 aliphatic heterocycles. The van der Waals surface area contributed by atoms with Gasteiger partial charge in [-0.25, -0.2) is 4.98 Å². The average molecular weight is 306 g/mol. The number of hydrogen-bond acceptors (Lipinski definition) is 2. The smallest absolute Gasteiger partial charge is 0.143 e. The van der Waals surface area contributed by atoms with Crippen LogP contribution in [0.1, 0.15) is 6.92 Å². The summed E-state index contributed by atoms with van der Waals surface area (Å²) in [7, 11) is 0. The Morgan fingerprint density at radius 2 is 1.80 bits per heavy atom. The van der Waals surface area contributed by atoms with Crippen molar-refractivity contribution < 1.29 is 0 Å². The summed E-state index contributed by atoms with van der Waals surface area (Å²) in [6.45, 7) is 2.86. The van der Waals surface area contributed by atoms with Crippen LogP contribution < -0.4 is 5.73 Å². The lowest BCUT2D eigenvalue weighted by molar-refractivity contribution is 0.796. The minimum absolute atomic E-state index is 0.641. The molecule has 0 spiro atoms. The van der Waals surface area contributed by atoms with E-state index in [1.54, 1.807) is 12.1 Å². The lowest BCUT2D eigenvalue weighted by Crippen LogP contribution is -2.00. The lowest BCUT2D eigenvalue weighted by atomic mass is 10.1. The normalized spacial score (nSPS) is 11.2. The van der Waals surface area contributed by atoms with Gasteiger partial charge in [0.2, 0.25) is 0 Å². The van der Waals surface area contributed by atoms with Crippen LogP contribution >= 0.6 is 23.2 Å². The summed E-state index contributed by atoms with van der Waals surface area (Å²) in [4.78, 5) is 4.66. The van der Waals surface area contributed by atoms with Crippen LogP contribution in [0.4, 0.5) is 5.69 Å². The van der Waals surface area contributed by atoms with Gasteiger partial charge >= 0.3 is 0 Å². The number of benzene rings is 2. The van der Waals surface area contributed by atoms with Gasteiger partial charge in [0.25, 0.3) is 0 Å². The molecule has 2 aromatic carbocycles. The molecule has 0 aliphatic rings. The third-order valence-corrected chi connectivity index (χ3v) is 3.75. The molecule has 3 aromatic rings. The van der Waals surface area contributed by atoms with E-state index in [-0.39, 0.29) is 0 Å². The molecule has 0 saturated carbocycles. The lowest BCUT2D eigenvalue weighted by Gasteiger charge is -2.09. The van der Waals surface area contributed by atoms with E-state index in [4.69, 9.17) is 28.9 Å². The van der Waals surface area contributed by atoms with Crippen molar-refractivity contribution in [1.29, 1.82) is 0 Å². The summed E-state index contributed by atoms with van der Waals surface area (Å²) in [6, 6.07) is 11.1. The third kappa shape index (κ3) is 2.13. The maximum absolute atomic E-state index is 6.07. The van der Waals surface area contributed by atoms with Crippen LogP contribution in [0.15, 0.2) is 36.4 Å². The summed E-state index contributed by atoms with van der Waals surface area (Å²) < 4.78 is 2.10. The molecule has 20 heavy (non-hydrogen) atoms. The second kappa shape index (κ2) is 5.00. The van der Waals surface area contributed by atoms with Gasteiger partial charge in [0, 0.05) is 27.8 Å². The van der Waals surface area contributed by atoms with Crippen LogP contribution in [-0.4, -0.2) is 9.55 Å². The van der Waals surface area contributed by atoms with Crippen molar-refractivity contribution in [3.63, 3.8) is 0 Å². The zero-order valence-corrected chi connectivity index (χ0v) is 12.4. The number of nitrogen functional groups attached to an aromatic ring is 1. The highest BCUT2D eigenvalue weighted by Crippen LogP contribution is 2.31. The van der Waals surface area contributed by atoms with Gasteiger partial charge in [0.05, 0.1) is 11.0 Å². The quantitative estimate of drug-likeness (QED) is 0.702. The van der Waals surface area contributed by atoms with E-state index < -0.39 is 0 Å². The highest BCUT2D eigenvalue weighted by molar-refractivity contribution is 6.31. The summed E-state index contributed by atoms with van der Waals surface area (Å²) >= 11 is 12.1. The Bertz CT molecular complexity index is 793. The van der Waals surface area contributed by atoms with Gasteiger partial charge < -0.3 is 10.3 Å². The van der Waals surface area contributed by atoms with Gasteiger partial charge in [-0.2, -0.15) is 0 Å². The number of imidazole rings is 1. The van der Waals surface area contributed by atoms with Gasteiger partial charge in [0.1, 0.15) is 5.82 Å². The van der Waals surface area contributed by atoms with Crippen molar-refractivity contribution in [3.05, 3.63) is 46.4 Å². The highest BCUT2D eigenvalue weighted by atomic mass is 35.5. The molecular formula is C15H13Cl2N3. The van der Waals surface area contributed by atoms with Crippen molar-refractivity contribution in [1.82, 2.24) is 9.55 Å². The minimum atomic E-state index is 0.641. The molecule has 0 amide bonds. The Morgan fingerprint density at radius 3 is 2.55 bits per heavy atom. The van der Waals surface area contributed by atoms with Crippen LogP contribution in [-0.2, 0) is 6.54 Å². The van der Waals surface area contributed by atoms with Gasteiger partial charge in [-0.15, -0.1) is 0 Å². The Labute approximate surface area is 126 Å². The van der Waals surface area contributed by atoms with Crippen LogP contribution in [0.2, 0.25) is 10.0 Å². The Kier molecular flexibility index (Phi) is 3.32. The highest BCUT2D eigenvalue weighted by Gasteiger charge is 2.14. The predicted octanol–water partition coefficient (Wildman–Crippen LogP) is 4.61. The summed E-state index contributed by atoms with van der Waals surface area (Å²) in [5, 5.41) is 1.31. The summed E-state index contributed by atoms with van der Waals surface area (Å²) in [5.74, 6) is 0.810. The number of hydrogen-bond donors (Lipinski definition) is 1. The molecule has 0 saturated heterocycles. The zero-order chi connectivity index (χ0) is 14.3. The number of nitrogens with two attached hydrogens (primary N) is 1. The van der Waals surface area contributed by atoms with Crippen LogP contribution in [0.3, 0.4) is 0 Å². The number of aryl methyl sites for hydroxylation is 1. The topological polar surface area (TPSA) is 43.8 Å². The fourth-order valence-corrected chi connectivity index (χ4v) is 2.69. The fourth-order valence-electron chi connectivity index (χ4n) is 2.35. The molecular weight excluding hydrogens is 293 g/mol. The second-order valence-electron chi connectivity index (χ2n) is 4.54. The Balaban J connectivity index is 2.32. The molecule has 1 heterocycles. The predicted molar refractivity (Wildman–Crippen MR) is 85.3 cm³/mol. The van der Waals surface area contributed by atoms with Crippen LogP contribution in [0.5, 0.6) is 0 Å². The molecule has 0 fully saturated rings. The molecule has 3 rings (SSSR count). The SMILES string of the molecule is CCn1c(-c2cc(Cl)ccc2N)nc2cc(Cl)ccc21. The Hall–Kier alpha value is -1.71. The van der Waals surface area contributed by atoms with E-state index >= 15 is 0 Å². The van der Waals surface area contributed by atoms with Crippen LogP contribution in [0, 0.1) is 0 Å². The monoisotopic (exact) mass is 305 g/mol. The molecule has 1 aromatic heterocycles. The minimum Gasteiger partial charge on any atom is -0.398 e. The van der Waals surface area contributed by atoms with Crippen molar-refractivity contribution in [2.45, 2.75) is 13.5 Å². The first-order valence-electron chi connectivity index (χ1n) is 6.31. The number of halogens is 2. The second-order valence-corrected chi connectivity index (χ2v) is 5.42. The zero-order valence-electron chi connectivity index (χ0n) is 10.9. The average Bonchev–Trinajstić information content (AvgIpc) is 2.78. The van der Waals surface area contributed by atoms with Crippen molar-refractivity contribution >= 4 is 39.9 Å². The summed E-state index contributed by atoms with van der Waals surface area (Å²) in [6.07, 6.45) is 0. The van der Waals surface area contributed by atoms with Crippen molar-refractivity contribution in [2.75, 3.05) is 5.73 Å². The molecule has 0 unspecified atom stereocenters. The molecule has 0 atom stereocenters. The van der Waals surface area contributed by atoms with E-state index in [1.165, 1.54) is 0 Å². The molecule has 5 heteroatoms. The first-order chi connectivity index (χ1) is 9.60. The third-order valence-electron chi connectivity index (χ3n) is 3.28.